The molecule has 24 heavy (non-hydrogen) atoms. The predicted octanol–water partition coefficient (Wildman–Crippen LogP) is 3.45. The fraction of sp³-hybridized carbons (Fsp3) is 0.429. The second-order valence-corrected chi connectivity index (χ2v) is 6.18. The molecular formula is C14H19Cl3N4O3. The maximum atomic E-state index is 10.8. The molecule has 0 saturated carbocycles. The highest BCUT2D eigenvalue weighted by Gasteiger charge is 2.14. The van der Waals surface area contributed by atoms with Gasteiger partial charge >= 0.3 is 6.03 Å². The molecule has 1 rings (SSSR count). The summed E-state index contributed by atoms with van der Waals surface area (Å²) in [6.07, 6.45) is 0.531. The summed E-state index contributed by atoms with van der Waals surface area (Å²) in [5, 5.41) is 2.38. The Labute approximate surface area is 155 Å². The lowest BCUT2D eigenvalue weighted by molar-refractivity contribution is -0.123. The molecule has 0 aliphatic heterocycles. The SMILES string of the molecule is CC(C)N(OCCCOc1cc(Cl)c(Cl)cc1Cl)C(N)=NC(N)=O. The second-order valence-electron chi connectivity index (χ2n) is 4.96. The number of carbonyl (C=O) groups excluding carboxylic acids is 1. The number of nitrogens with zero attached hydrogens (tertiary/aromatic N) is 2. The zero-order valence-corrected chi connectivity index (χ0v) is 15.5. The number of hydroxylamine groups is 2. The van der Waals surface area contributed by atoms with Crippen molar-refractivity contribution in [3.8, 4) is 5.75 Å². The minimum absolute atomic E-state index is 0.106. The first-order valence-corrected chi connectivity index (χ1v) is 8.18. The first-order valence-electron chi connectivity index (χ1n) is 7.05. The van der Waals surface area contributed by atoms with Crippen LogP contribution in [0.2, 0.25) is 15.1 Å². The molecular weight excluding hydrogens is 379 g/mol. The van der Waals surface area contributed by atoms with Crippen LogP contribution in [0.3, 0.4) is 0 Å². The van der Waals surface area contributed by atoms with Crippen molar-refractivity contribution in [1.82, 2.24) is 5.06 Å². The van der Waals surface area contributed by atoms with Crippen LogP contribution in [0.25, 0.3) is 0 Å². The number of rotatable bonds is 7. The van der Waals surface area contributed by atoms with Crippen molar-refractivity contribution in [2.24, 2.45) is 16.5 Å². The molecule has 0 bridgehead atoms. The molecule has 0 aromatic heterocycles. The van der Waals surface area contributed by atoms with Crippen LogP contribution in [0.15, 0.2) is 17.1 Å². The van der Waals surface area contributed by atoms with Gasteiger partial charge < -0.3 is 16.2 Å². The van der Waals surface area contributed by atoms with E-state index in [9.17, 15) is 4.79 Å². The van der Waals surface area contributed by atoms with Crippen LogP contribution in [0.5, 0.6) is 5.75 Å². The first-order chi connectivity index (χ1) is 11.2. The van der Waals surface area contributed by atoms with Crippen LogP contribution in [0.4, 0.5) is 4.79 Å². The number of nitrogens with two attached hydrogens (primary N) is 2. The van der Waals surface area contributed by atoms with E-state index < -0.39 is 6.03 Å². The van der Waals surface area contributed by atoms with Gasteiger partial charge in [-0.25, -0.2) is 9.86 Å². The van der Waals surface area contributed by atoms with Crippen molar-refractivity contribution in [2.45, 2.75) is 26.3 Å². The normalized spacial score (nSPS) is 11.7. The number of hydrogen-bond acceptors (Lipinski definition) is 3. The average Bonchev–Trinajstić information content (AvgIpc) is 2.46. The third-order valence-electron chi connectivity index (χ3n) is 2.67. The van der Waals surface area contributed by atoms with E-state index >= 15 is 0 Å². The topological polar surface area (TPSA) is 103 Å². The lowest BCUT2D eigenvalue weighted by Gasteiger charge is -2.26. The van der Waals surface area contributed by atoms with E-state index in [0.717, 1.165) is 0 Å². The summed E-state index contributed by atoms with van der Waals surface area (Å²) in [4.78, 5) is 19.7. The highest BCUT2D eigenvalue weighted by molar-refractivity contribution is 6.43. The number of ether oxygens (including phenoxy) is 1. The van der Waals surface area contributed by atoms with Gasteiger partial charge in [0.1, 0.15) is 5.75 Å². The Morgan fingerprint density at radius 2 is 1.79 bits per heavy atom. The zero-order chi connectivity index (χ0) is 18.3. The number of amides is 2. The summed E-state index contributed by atoms with van der Waals surface area (Å²) in [5.41, 5.74) is 10.6. The lowest BCUT2D eigenvalue weighted by atomic mass is 10.3. The molecule has 0 saturated heterocycles. The van der Waals surface area contributed by atoms with Gasteiger partial charge in [-0.15, -0.1) is 0 Å². The van der Waals surface area contributed by atoms with Gasteiger partial charge in [-0.3, -0.25) is 4.84 Å². The maximum Gasteiger partial charge on any atom is 0.341 e. The summed E-state index contributed by atoms with van der Waals surface area (Å²) in [5.74, 6) is 0.326. The molecule has 10 heteroatoms. The van der Waals surface area contributed by atoms with Gasteiger partial charge in [-0.1, -0.05) is 34.8 Å². The fourth-order valence-corrected chi connectivity index (χ4v) is 2.25. The number of benzene rings is 1. The Kier molecular flexibility index (Phi) is 8.41. The quantitative estimate of drug-likeness (QED) is 0.241. The number of carbonyl (C=O) groups is 1. The van der Waals surface area contributed by atoms with E-state index in [2.05, 4.69) is 4.99 Å². The number of aliphatic imine (C=N–C) groups is 1. The molecule has 0 fully saturated rings. The number of hydrogen-bond donors (Lipinski definition) is 2. The van der Waals surface area contributed by atoms with Gasteiger partial charge in [0, 0.05) is 12.5 Å². The van der Waals surface area contributed by atoms with Crippen molar-refractivity contribution < 1.29 is 14.4 Å². The van der Waals surface area contributed by atoms with Gasteiger partial charge in [0.05, 0.1) is 34.3 Å². The van der Waals surface area contributed by atoms with Crippen LogP contribution in [-0.4, -0.2) is 36.3 Å². The fourth-order valence-electron chi connectivity index (χ4n) is 1.66. The van der Waals surface area contributed by atoms with Gasteiger partial charge in [0.15, 0.2) is 0 Å². The molecule has 0 radical (unpaired) electrons. The highest BCUT2D eigenvalue weighted by atomic mass is 35.5. The summed E-state index contributed by atoms with van der Waals surface area (Å²) in [7, 11) is 0. The molecule has 2 amide bonds. The first kappa shape index (κ1) is 20.6. The Morgan fingerprint density at radius 1 is 1.17 bits per heavy atom. The summed E-state index contributed by atoms with van der Waals surface area (Å²) >= 11 is 17.8. The lowest BCUT2D eigenvalue weighted by Crippen LogP contribution is -2.43. The molecule has 0 aliphatic rings. The monoisotopic (exact) mass is 396 g/mol. The number of primary amides is 1. The molecule has 0 atom stereocenters. The summed E-state index contributed by atoms with van der Waals surface area (Å²) in [6.45, 7) is 4.27. The standard InChI is InChI=1S/C14H19Cl3N4O3/c1-8(2)21(13(18)20-14(19)22)24-5-3-4-23-12-7-10(16)9(15)6-11(12)17/h6-8H,3-5H2,1-2H3,(H4,18,19,20,22). The van der Waals surface area contributed by atoms with Crippen LogP contribution in [-0.2, 0) is 4.84 Å². The van der Waals surface area contributed by atoms with Crippen molar-refractivity contribution in [1.29, 1.82) is 0 Å². The summed E-state index contributed by atoms with van der Waals surface area (Å²) in [6, 6.07) is 2.04. The van der Waals surface area contributed by atoms with Crippen LogP contribution < -0.4 is 16.2 Å². The van der Waals surface area contributed by atoms with Gasteiger partial charge in [0.25, 0.3) is 0 Å². The number of halogens is 3. The smallest absolute Gasteiger partial charge is 0.341 e. The second kappa shape index (κ2) is 9.78. The Hall–Kier alpha value is -1.41. The molecule has 0 unspecified atom stereocenters. The van der Waals surface area contributed by atoms with Crippen molar-refractivity contribution >= 4 is 46.8 Å². The molecule has 0 heterocycles. The molecule has 0 aliphatic carbocycles. The van der Waals surface area contributed by atoms with Gasteiger partial charge in [-0.05, 0) is 19.9 Å². The number of urea groups is 1. The summed E-state index contributed by atoms with van der Waals surface area (Å²) < 4.78 is 5.53. The minimum atomic E-state index is -0.889. The van der Waals surface area contributed by atoms with Crippen molar-refractivity contribution in [3.05, 3.63) is 27.2 Å². The molecule has 1 aromatic rings. The van der Waals surface area contributed by atoms with E-state index in [1.54, 1.807) is 6.07 Å². The highest BCUT2D eigenvalue weighted by Crippen LogP contribution is 2.33. The molecule has 4 N–H and O–H groups in total. The van der Waals surface area contributed by atoms with E-state index in [-0.39, 0.29) is 18.6 Å². The maximum absolute atomic E-state index is 10.8. The Bertz CT molecular complexity index is 611. The van der Waals surface area contributed by atoms with Crippen LogP contribution >= 0.6 is 34.8 Å². The van der Waals surface area contributed by atoms with Gasteiger partial charge in [0.2, 0.25) is 5.96 Å². The Morgan fingerprint density at radius 3 is 2.38 bits per heavy atom. The Balaban J connectivity index is 2.47. The van der Waals surface area contributed by atoms with Crippen molar-refractivity contribution in [2.75, 3.05) is 13.2 Å². The van der Waals surface area contributed by atoms with Crippen molar-refractivity contribution in [3.63, 3.8) is 0 Å². The molecule has 134 valence electrons. The average molecular weight is 398 g/mol. The van der Waals surface area contributed by atoms with E-state index in [1.165, 1.54) is 11.1 Å². The minimum Gasteiger partial charge on any atom is -0.492 e. The molecule has 1 aromatic carbocycles. The molecule has 0 spiro atoms. The van der Waals surface area contributed by atoms with Gasteiger partial charge in [-0.2, -0.15) is 4.99 Å². The largest absolute Gasteiger partial charge is 0.492 e. The third kappa shape index (κ3) is 6.60. The molecule has 7 nitrogen and oxygen atoms in total. The third-order valence-corrected chi connectivity index (χ3v) is 3.69. The van der Waals surface area contributed by atoms with E-state index in [0.29, 0.717) is 33.8 Å². The predicted molar refractivity (Wildman–Crippen MR) is 95.7 cm³/mol. The van der Waals surface area contributed by atoms with Crippen LogP contribution in [0, 0.1) is 0 Å². The number of guanidine groups is 1. The zero-order valence-electron chi connectivity index (χ0n) is 13.3. The van der Waals surface area contributed by atoms with E-state index in [1.807, 2.05) is 13.8 Å². The van der Waals surface area contributed by atoms with Crippen LogP contribution in [0.1, 0.15) is 20.3 Å². The van der Waals surface area contributed by atoms with E-state index in [4.69, 9.17) is 55.8 Å².